The van der Waals surface area contributed by atoms with Gasteiger partial charge in [0.2, 0.25) is 94.5 Å². The average molecular weight is 1680 g/mol. The molecule has 46 heteroatoms. The number of guanidine groups is 1. The molecule has 0 unspecified atom stereocenters. The molecule has 2 fully saturated rings. The third kappa shape index (κ3) is 31.5. The number of carboxylic acids is 1. The van der Waals surface area contributed by atoms with Gasteiger partial charge in [-0.1, -0.05) is 38.1 Å². The van der Waals surface area contributed by atoms with Crippen molar-refractivity contribution in [2.24, 2.45) is 33.8 Å². The molecule has 15 atom stereocenters. The van der Waals surface area contributed by atoms with Gasteiger partial charge >= 0.3 is 5.97 Å². The van der Waals surface area contributed by atoms with Crippen LogP contribution in [0, 0.1) is 5.92 Å². The molecule has 2 aliphatic heterocycles. The molecule has 0 saturated carbocycles. The van der Waals surface area contributed by atoms with E-state index in [2.05, 4.69) is 112 Å². The van der Waals surface area contributed by atoms with Gasteiger partial charge in [0.05, 0.1) is 50.9 Å². The van der Waals surface area contributed by atoms with Crippen molar-refractivity contribution >= 4 is 144 Å². The Labute approximate surface area is 676 Å². The van der Waals surface area contributed by atoms with Crippen molar-refractivity contribution in [1.29, 1.82) is 0 Å². The molecule has 2 aromatic rings. The van der Waals surface area contributed by atoms with E-state index >= 15 is 0 Å². The highest BCUT2D eigenvalue weighted by atomic mass is 32.1. The number of carbonyl (C=O) groups is 17. The first-order valence-electron chi connectivity index (χ1n) is 36.4. The average Bonchev–Trinajstić information content (AvgIpc) is 1.73. The molecule has 0 bridgehead atoms. The van der Waals surface area contributed by atoms with E-state index in [9.17, 15) is 112 Å². The predicted molar refractivity (Wildman–Crippen MR) is 418 cm³/mol. The summed E-state index contributed by atoms with van der Waals surface area (Å²) in [5.41, 5.74) is 23.0. The fraction of sp³-hybridized carbons (Fsp3) is 0.565. The minimum atomic E-state index is -1.86. The van der Waals surface area contributed by atoms with Crippen LogP contribution in [0.5, 0.6) is 11.5 Å². The number of carboxylic acid groups (broad SMARTS) is 1. The van der Waals surface area contributed by atoms with Gasteiger partial charge in [-0.2, -0.15) is 37.9 Å². The molecule has 0 spiro atoms. The molecule has 16 amide bonds. The molecular weight excluding hydrogens is 1570 g/mol. The number of aliphatic hydroxyl groups excluding tert-OH is 3. The van der Waals surface area contributed by atoms with Crippen LogP contribution in [-0.2, 0) is 94.3 Å². The minimum Gasteiger partial charge on any atom is -0.508 e. The van der Waals surface area contributed by atoms with E-state index in [0.717, 1.165) is 23.6 Å². The van der Waals surface area contributed by atoms with Crippen molar-refractivity contribution in [2.75, 3.05) is 63.1 Å². The molecule has 2 heterocycles. The lowest BCUT2D eigenvalue weighted by Crippen LogP contribution is -2.62. The summed E-state index contributed by atoms with van der Waals surface area (Å²) in [4.78, 5) is 235. The first kappa shape index (κ1) is 96.6. The van der Waals surface area contributed by atoms with Gasteiger partial charge in [-0.15, -0.1) is 0 Å². The number of aliphatic imine (C=N–C) groups is 1. The number of aliphatic hydroxyl groups is 3. The number of thiol groups is 3. The summed E-state index contributed by atoms with van der Waals surface area (Å²) in [7, 11) is 0. The van der Waals surface area contributed by atoms with Gasteiger partial charge in [-0.3, -0.25) is 81.7 Å². The van der Waals surface area contributed by atoms with E-state index in [1.807, 2.05) is 0 Å². The summed E-state index contributed by atoms with van der Waals surface area (Å²) >= 11 is 12.4. The van der Waals surface area contributed by atoms with Crippen LogP contribution < -0.4 is 92.1 Å². The van der Waals surface area contributed by atoms with E-state index in [-0.39, 0.29) is 87.8 Å². The lowest BCUT2D eigenvalue weighted by molar-refractivity contribution is -0.144. The highest BCUT2D eigenvalue weighted by Crippen LogP contribution is 2.22. The molecule has 0 aromatic heterocycles. The fourth-order valence-corrected chi connectivity index (χ4v) is 12.4. The Balaban J connectivity index is 1.42. The number of hydrogen-bond donors (Lipinski definition) is 26. The molecule has 2 saturated heterocycles. The van der Waals surface area contributed by atoms with Crippen molar-refractivity contribution < 1.29 is 112 Å². The normalized spacial score (nSPS) is 17.1. The second kappa shape index (κ2) is 47.8. The molecule has 27 N–H and O–H groups in total. The number of hydrogen-bond acceptors (Lipinski definition) is 27. The maximum atomic E-state index is 14.5. The maximum Gasteiger partial charge on any atom is 0.326 e. The summed E-state index contributed by atoms with van der Waals surface area (Å²) < 4.78 is 0. The fourth-order valence-electron chi connectivity index (χ4n) is 11.7. The first-order valence-corrected chi connectivity index (χ1v) is 38.3. The number of primary amides is 1. The molecule has 43 nitrogen and oxygen atoms in total. The molecule has 2 aromatic carbocycles. The second-order valence-electron chi connectivity index (χ2n) is 27.4. The summed E-state index contributed by atoms with van der Waals surface area (Å²) in [5.74, 6) is -19.5. The number of likely N-dealkylation sites (tertiary alicyclic amines) is 2. The topological polar surface area (TPSA) is 691 Å². The van der Waals surface area contributed by atoms with Crippen LogP contribution in [0.15, 0.2) is 53.5 Å². The highest BCUT2D eigenvalue weighted by Gasteiger charge is 2.43. The Hall–Kier alpha value is -10.8. The number of benzene rings is 2. The third-order valence-electron chi connectivity index (χ3n) is 17.9. The lowest BCUT2D eigenvalue weighted by Gasteiger charge is -2.31. The molecule has 4 rings (SSSR count). The van der Waals surface area contributed by atoms with Gasteiger partial charge < -0.3 is 132 Å². The monoisotopic (exact) mass is 1680 g/mol. The van der Waals surface area contributed by atoms with Gasteiger partial charge in [0, 0.05) is 49.7 Å². The molecular formula is C69H104N20O23S3. The Morgan fingerprint density at radius 3 is 1.38 bits per heavy atom. The van der Waals surface area contributed by atoms with Gasteiger partial charge in [0.25, 0.3) is 0 Å². The lowest BCUT2D eigenvalue weighted by atomic mass is 10.0. The summed E-state index contributed by atoms with van der Waals surface area (Å²) in [5, 5.41) is 91.9. The van der Waals surface area contributed by atoms with Gasteiger partial charge in [0.15, 0.2) is 5.96 Å². The highest BCUT2D eigenvalue weighted by molar-refractivity contribution is 7.80. The van der Waals surface area contributed by atoms with Crippen molar-refractivity contribution in [3.05, 3.63) is 59.7 Å². The Morgan fingerprint density at radius 2 is 0.896 bits per heavy atom. The number of nitrogens with zero attached hydrogens (tertiary/aromatic N) is 3. The third-order valence-corrected chi connectivity index (χ3v) is 19.1. The number of phenolic OH excluding ortho intramolecular Hbond substituents is 2. The van der Waals surface area contributed by atoms with Crippen molar-refractivity contribution in [1.82, 2.24) is 78.9 Å². The predicted octanol–water partition coefficient (Wildman–Crippen LogP) is -10.4. The van der Waals surface area contributed by atoms with Gasteiger partial charge in [0.1, 0.15) is 84.0 Å². The van der Waals surface area contributed by atoms with Crippen LogP contribution in [0.1, 0.15) is 83.8 Å². The molecule has 0 radical (unpaired) electrons. The Bertz CT molecular complexity index is 3810. The SMILES string of the molecule is CC(C)[C@H](NC(=O)[C@@H](N)CS)C(=O)N[C@@H](CC(N)=O)C(=O)N[C@H](C(=O)N1CCC[C@H]1C(=O)NCC(=O)N[C@@H](CO)C(=O)N[C@@H](Cc1ccc(O)cc1)C(=O)N[C@@H](CCCN=C(N)N)C(=O)N[C@@H](CS)C(=O)N[C@H](C(=O)N[C@@H](CS)C(=O)N1CCC[C@H]1C(=O)NCC(=O)NCC(=O)N[C@@H](Cc1ccc(O)cc1)C(=O)O)[C@@H](C)O)[C@@H](C)O. The quantitative estimate of drug-likeness (QED) is 0.0127. The van der Waals surface area contributed by atoms with E-state index < -0.39 is 248 Å². The summed E-state index contributed by atoms with van der Waals surface area (Å²) in [6.45, 7) is 1.77. The van der Waals surface area contributed by atoms with Crippen LogP contribution in [-0.4, -0.2) is 301 Å². The van der Waals surface area contributed by atoms with Crippen molar-refractivity contribution in [2.45, 2.75) is 176 Å². The maximum absolute atomic E-state index is 14.5. The van der Waals surface area contributed by atoms with Crippen LogP contribution >= 0.6 is 37.9 Å². The van der Waals surface area contributed by atoms with Crippen molar-refractivity contribution in [3.8, 4) is 11.5 Å². The Kier molecular flexibility index (Phi) is 40.1. The second-order valence-corrected chi connectivity index (χ2v) is 28.5. The molecule has 115 heavy (non-hydrogen) atoms. The summed E-state index contributed by atoms with van der Waals surface area (Å²) in [6, 6.07) is -9.20. The number of aliphatic carboxylic acids is 1. The molecule has 636 valence electrons. The van der Waals surface area contributed by atoms with Crippen LogP contribution in [0.3, 0.4) is 0 Å². The summed E-state index contributed by atoms with van der Waals surface area (Å²) in [6.07, 6.45) is -4.45. The van der Waals surface area contributed by atoms with E-state index in [1.165, 1.54) is 48.5 Å². The minimum absolute atomic E-state index is 0.00348. The van der Waals surface area contributed by atoms with E-state index in [1.54, 1.807) is 13.8 Å². The smallest absolute Gasteiger partial charge is 0.326 e. The van der Waals surface area contributed by atoms with Crippen molar-refractivity contribution in [3.63, 3.8) is 0 Å². The number of nitrogens with two attached hydrogens (primary N) is 4. The number of rotatable bonds is 46. The number of nitrogens with one attached hydrogen (secondary N) is 13. The number of phenols is 2. The Morgan fingerprint density at radius 1 is 0.478 bits per heavy atom. The molecule has 2 aliphatic rings. The van der Waals surface area contributed by atoms with E-state index in [0.29, 0.717) is 11.1 Å². The zero-order chi connectivity index (χ0) is 86.1. The van der Waals surface area contributed by atoms with Crippen LogP contribution in [0.4, 0.5) is 0 Å². The number of amides is 16. The number of carbonyl (C=O) groups excluding carboxylic acids is 16. The zero-order valence-corrected chi connectivity index (χ0v) is 66.1. The van der Waals surface area contributed by atoms with Gasteiger partial charge in [-0.25, -0.2) is 4.79 Å². The zero-order valence-electron chi connectivity index (χ0n) is 63.4. The first-order chi connectivity index (χ1) is 54.2. The van der Waals surface area contributed by atoms with Crippen LogP contribution in [0.2, 0.25) is 0 Å². The van der Waals surface area contributed by atoms with E-state index in [4.69, 9.17) is 22.9 Å². The number of aromatic hydroxyl groups is 2. The standard InChI is InChI=1S/C69H104N20O23S3/c1-32(2)53(85-56(99)39(70)29-113)64(107)82-42(24-49(71)95)59(102)87-55(34(4)92)67(110)89-21-7-10-48(89)63(106)77-27-52(98)79-44(28-90)60(103)81-41(22-35-11-15-37(93)16-12-35)58(101)80-40(8-5-19-74-69(72)73)57(100)83-45(30-114)61(104)86-54(33(3)91)65(108)84-46(31-115)66(109)88-20-6-9-47(88)62(105)76-25-50(96)75-26-51(97)78-43(68(111)112)23-36-13-17-38(94)18-14-36/h11-18,32-34,39-48,53-55,90-94,113-115H,5-10,19-31,70H2,1-4H3,(H2,71,95)(H,75,96)(H,76,105)(H,77,106)(H,78,97)(H,79,98)(H,80,101)(H,81,103)(H,82,107)(H,83,100)(H,84,108)(H,85,99)(H,86,104)(H,87,102)(H,111,112)(H4,72,73,74)/t33-,34-,39+,40+,41+,42+,43+,44+,45+,46+,47+,48+,53+,54+,55+/m1/s1. The van der Waals surface area contributed by atoms with Crippen LogP contribution in [0.25, 0.3) is 0 Å². The van der Waals surface area contributed by atoms with Gasteiger partial charge in [-0.05, 0) is 93.7 Å². The largest absolute Gasteiger partial charge is 0.508 e. The molecule has 0 aliphatic carbocycles.